The van der Waals surface area contributed by atoms with Gasteiger partial charge in [-0.25, -0.2) is 4.79 Å². The maximum absolute atomic E-state index is 12.0. The molecule has 17 heavy (non-hydrogen) atoms. The molecule has 1 fully saturated rings. The molecule has 1 atom stereocenters. The molecule has 2 amide bonds. The average molecular weight is 233 g/mol. The highest BCUT2D eigenvalue weighted by atomic mass is 16.2. The fourth-order valence-electron chi connectivity index (χ4n) is 1.96. The van der Waals surface area contributed by atoms with Gasteiger partial charge in [0.2, 0.25) is 0 Å². The van der Waals surface area contributed by atoms with Crippen LogP contribution in [0.3, 0.4) is 0 Å². The van der Waals surface area contributed by atoms with Crippen molar-refractivity contribution in [1.29, 1.82) is 0 Å². The van der Waals surface area contributed by atoms with Crippen molar-refractivity contribution < 1.29 is 4.79 Å². The minimum absolute atomic E-state index is 0.0118. The Morgan fingerprint density at radius 2 is 2.12 bits per heavy atom. The predicted octanol–water partition coefficient (Wildman–Crippen LogP) is 1.82. The molecule has 0 saturated carbocycles. The number of carbonyl (C=O) groups is 1. The van der Waals surface area contributed by atoms with Crippen LogP contribution in [-0.2, 0) is 0 Å². The summed E-state index contributed by atoms with van der Waals surface area (Å²) in [5.41, 5.74) is 2.05. The largest absolute Gasteiger partial charge is 0.322 e. The van der Waals surface area contributed by atoms with E-state index in [0.717, 1.165) is 25.3 Å². The number of nitrogens with zero attached hydrogens (tertiary/aromatic N) is 1. The zero-order valence-corrected chi connectivity index (χ0v) is 10.4. The van der Waals surface area contributed by atoms with Gasteiger partial charge in [0.25, 0.3) is 0 Å². The molecule has 1 aliphatic rings. The van der Waals surface area contributed by atoms with Crippen molar-refractivity contribution in [3.05, 3.63) is 29.8 Å². The summed E-state index contributed by atoms with van der Waals surface area (Å²) >= 11 is 0. The van der Waals surface area contributed by atoms with Gasteiger partial charge in [-0.15, -0.1) is 0 Å². The standard InChI is InChI=1S/C13H19N3O/c1-10-3-5-12(6-4-10)15-13(17)16-8-7-14-11(2)9-16/h3-6,11,14H,7-9H2,1-2H3,(H,15,17)/t11-/m0/s1. The summed E-state index contributed by atoms with van der Waals surface area (Å²) in [6.07, 6.45) is 0. The molecule has 2 rings (SSSR count). The van der Waals surface area contributed by atoms with Crippen LogP contribution in [0, 0.1) is 6.92 Å². The third-order valence-electron chi connectivity index (χ3n) is 2.96. The quantitative estimate of drug-likeness (QED) is 0.777. The first-order valence-corrected chi connectivity index (χ1v) is 6.01. The molecule has 1 saturated heterocycles. The Morgan fingerprint density at radius 3 is 2.76 bits per heavy atom. The van der Waals surface area contributed by atoms with Crippen LogP contribution >= 0.6 is 0 Å². The number of piperazine rings is 1. The molecule has 0 radical (unpaired) electrons. The Labute approximate surface area is 102 Å². The summed E-state index contributed by atoms with van der Waals surface area (Å²) in [6.45, 7) is 6.51. The van der Waals surface area contributed by atoms with Crippen molar-refractivity contribution in [2.45, 2.75) is 19.9 Å². The molecule has 0 bridgehead atoms. The van der Waals surface area contributed by atoms with Crippen LogP contribution in [0.25, 0.3) is 0 Å². The fraction of sp³-hybridized carbons (Fsp3) is 0.462. The zero-order valence-electron chi connectivity index (χ0n) is 10.4. The van der Waals surface area contributed by atoms with Crippen molar-refractivity contribution in [3.63, 3.8) is 0 Å². The van der Waals surface area contributed by atoms with E-state index in [1.54, 1.807) is 0 Å². The fourth-order valence-corrected chi connectivity index (χ4v) is 1.96. The van der Waals surface area contributed by atoms with E-state index in [2.05, 4.69) is 17.6 Å². The van der Waals surface area contributed by atoms with E-state index in [9.17, 15) is 4.79 Å². The lowest BCUT2D eigenvalue weighted by atomic mass is 10.2. The highest BCUT2D eigenvalue weighted by Gasteiger charge is 2.20. The lowest BCUT2D eigenvalue weighted by molar-refractivity contribution is 0.192. The predicted molar refractivity (Wildman–Crippen MR) is 69.2 cm³/mol. The minimum atomic E-state index is -0.0118. The molecule has 0 unspecified atom stereocenters. The highest BCUT2D eigenvalue weighted by molar-refractivity contribution is 5.89. The van der Waals surface area contributed by atoms with Crippen molar-refractivity contribution in [1.82, 2.24) is 10.2 Å². The van der Waals surface area contributed by atoms with Gasteiger partial charge in [0, 0.05) is 31.4 Å². The van der Waals surface area contributed by atoms with Crippen LogP contribution in [-0.4, -0.2) is 36.6 Å². The molecule has 4 heteroatoms. The van der Waals surface area contributed by atoms with Crippen LogP contribution < -0.4 is 10.6 Å². The Hall–Kier alpha value is -1.55. The van der Waals surface area contributed by atoms with Crippen LogP contribution in [0.1, 0.15) is 12.5 Å². The lowest BCUT2D eigenvalue weighted by Crippen LogP contribution is -2.52. The summed E-state index contributed by atoms with van der Waals surface area (Å²) in [6, 6.07) is 8.21. The smallest absolute Gasteiger partial charge is 0.321 e. The molecule has 0 aromatic heterocycles. The summed E-state index contributed by atoms with van der Waals surface area (Å²) < 4.78 is 0. The van der Waals surface area contributed by atoms with Crippen LogP contribution in [0.4, 0.5) is 10.5 Å². The number of anilines is 1. The van der Waals surface area contributed by atoms with E-state index < -0.39 is 0 Å². The maximum atomic E-state index is 12.0. The number of aryl methyl sites for hydroxylation is 1. The van der Waals surface area contributed by atoms with Gasteiger partial charge in [-0.05, 0) is 26.0 Å². The second-order valence-electron chi connectivity index (χ2n) is 4.60. The SMILES string of the molecule is Cc1ccc(NC(=O)N2CCN[C@@H](C)C2)cc1. The second-order valence-corrected chi connectivity index (χ2v) is 4.60. The molecule has 0 aliphatic carbocycles. The number of hydrogen-bond donors (Lipinski definition) is 2. The van der Waals surface area contributed by atoms with Gasteiger partial charge < -0.3 is 15.5 Å². The molecular formula is C13H19N3O. The van der Waals surface area contributed by atoms with E-state index in [4.69, 9.17) is 0 Å². The number of carbonyl (C=O) groups excluding carboxylic acids is 1. The van der Waals surface area contributed by atoms with Crippen LogP contribution in [0.5, 0.6) is 0 Å². The van der Waals surface area contributed by atoms with Crippen molar-refractivity contribution in [2.75, 3.05) is 25.0 Å². The van der Waals surface area contributed by atoms with E-state index in [-0.39, 0.29) is 6.03 Å². The maximum Gasteiger partial charge on any atom is 0.321 e. The number of urea groups is 1. The molecule has 92 valence electrons. The van der Waals surface area contributed by atoms with E-state index >= 15 is 0 Å². The topological polar surface area (TPSA) is 44.4 Å². The van der Waals surface area contributed by atoms with Crippen molar-refractivity contribution >= 4 is 11.7 Å². The van der Waals surface area contributed by atoms with Gasteiger partial charge in [0.05, 0.1) is 0 Å². The third kappa shape index (κ3) is 3.20. The molecule has 0 spiro atoms. The Bertz CT molecular complexity index is 388. The number of hydrogen-bond acceptors (Lipinski definition) is 2. The van der Waals surface area contributed by atoms with E-state index in [0.29, 0.717) is 6.04 Å². The first-order valence-electron chi connectivity index (χ1n) is 6.01. The minimum Gasteiger partial charge on any atom is -0.322 e. The van der Waals surface area contributed by atoms with Crippen molar-refractivity contribution in [3.8, 4) is 0 Å². The average Bonchev–Trinajstić information content (AvgIpc) is 2.32. The summed E-state index contributed by atoms with van der Waals surface area (Å²) in [4.78, 5) is 13.8. The third-order valence-corrected chi connectivity index (χ3v) is 2.96. The van der Waals surface area contributed by atoms with Gasteiger partial charge in [-0.1, -0.05) is 17.7 Å². The molecule has 1 aromatic carbocycles. The molecule has 1 heterocycles. The molecule has 1 aromatic rings. The zero-order chi connectivity index (χ0) is 12.3. The molecule has 4 nitrogen and oxygen atoms in total. The number of nitrogens with one attached hydrogen (secondary N) is 2. The van der Waals surface area contributed by atoms with Crippen LogP contribution in [0.15, 0.2) is 24.3 Å². The molecular weight excluding hydrogens is 214 g/mol. The Morgan fingerprint density at radius 1 is 1.41 bits per heavy atom. The van der Waals surface area contributed by atoms with Gasteiger partial charge in [-0.3, -0.25) is 0 Å². The summed E-state index contributed by atoms with van der Waals surface area (Å²) in [5.74, 6) is 0. The number of rotatable bonds is 1. The lowest BCUT2D eigenvalue weighted by Gasteiger charge is -2.31. The normalized spacial score (nSPS) is 20.1. The van der Waals surface area contributed by atoms with Gasteiger partial charge in [-0.2, -0.15) is 0 Å². The number of amides is 2. The Balaban J connectivity index is 1.94. The van der Waals surface area contributed by atoms with E-state index in [1.807, 2.05) is 36.1 Å². The first kappa shape index (κ1) is 11.9. The molecule has 1 aliphatic heterocycles. The van der Waals surface area contributed by atoms with E-state index in [1.165, 1.54) is 5.56 Å². The van der Waals surface area contributed by atoms with Gasteiger partial charge in [0.15, 0.2) is 0 Å². The summed E-state index contributed by atoms with van der Waals surface area (Å²) in [5, 5.41) is 6.24. The monoisotopic (exact) mass is 233 g/mol. The summed E-state index contributed by atoms with van der Waals surface area (Å²) in [7, 11) is 0. The van der Waals surface area contributed by atoms with Crippen LogP contribution in [0.2, 0.25) is 0 Å². The first-order chi connectivity index (χ1) is 8.15. The second kappa shape index (κ2) is 5.19. The molecule has 2 N–H and O–H groups in total. The van der Waals surface area contributed by atoms with Gasteiger partial charge >= 0.3 is 6.03 Å². The number of benzene rings is 1. The van der Waals surface area contributed by atoms with Gasteiger partial charge in [0.1, 0.15) is 0 Å². The highest BCUT2D eigenvalue weighted by Crippen LogP contribution is 2.10. The Kier molecular flexibility index (Phi) is 3.64. The van der Waals surface area contributed by atoms with Crippen molar-refractivity contribution in [2.24, 2.45) is 0 Å².